The topological polar surface area (TPSA) is 46.3 Å². The van der Waals surface area contributed by atoms with Gasteiger partial charge < -0.3 is 10.6 Å². The number of amides is 1. The second kappa shape index (κ2) is 4.12. The summed E-state index contributed by atoms with van der Waals surface area (Å²) in [6, 6.07) is 0. The highest BCUT2D eigenvalue weighted by atomic mass is 16.2. The fraction of sp³-hybridized carbons (Fsp3) is 0.917. The highest BCUT2D eigenvalue weighted by Crippen LogP contribution is 2.33. The van der Waals surface area contributed by atoms with E-state index in [1.54, 1.807) is 0 Å². The summed E-state index contributed by atoms with van der Waals surface area (Å²) >= 11 is 0. The van der Waals surface area contributed by atoms with Crippen LogP contribution < -0.4 is 5.73 Å². The van der Waals surface area contributed by atoms with Gasteiger partial charge in [0.2, 0.25) is 5.91 Å². The first-order valence-corrected chi connectivity index (χ1v) is 6.13. The fourth-order valence-corrected chi connectivity index (χ4v) is 2.38. The maximum atomic E-state index is 12.0. The third kappa shape index (κ3) is 2.17. The van der Waals surface area contributed by atoms with E-state index in [4.69, 9.17) is 5.73 Å². The zero-order valence-electron chi connectivity index (χ0n) is 9.67. The number of nitrogens with zero attached hydrogens (tertiary/aromatic N) is 1. The van der Waals surface area contributed by atoms with Crippen molar-refractivity contribution in [2.45, 2.75) is 39.0 Å². The van der Waals surface area contributed by atoms with Gasteiger partial charge in [0.1, 0.15) is 0 Å². The number of hydrogen-bond acceptors (Lipinski definition) is 2. The van der Waals surface area contributed by atoms with E-state index in [0.717, 1.165) is 45.3 Å². The van der Waals surface area contributed by atoms with Gasteiger partial charge in [-0.25, -0.2) is 0 Å². The van der Waals surface area contributed by atoms with Crippen molar-refractivity contribution in [3.05, 3.63) is 0 Å². The summed E-state index contributed by atoms with van der Waals surface area (Å²) < 4.78 is 0. The summed E-state index contributed by atoms with van der Waals surface area (Å²) in [6.07, 6.45) is 5.61. The molecule has 1 saturated carbocycles. The zero-order valence-corrected chi connectivity index (χ0v) is 9.67. The molecule has 3 nitrogen and oxygen atoms in total. The molecular formula is C12H22N2O. The molecule has 1 aliphatic heterocycles. The number of rotatable bonds is 2. The van der Waals surface area contributed by atoms with Crippen molar-refractivity contribution in [2.24, 2.45) is 17.1 Å². The van der Waals surface area contributed by atoms with Crippen LogP contribution in [0, 0.1) is 11.3 Å². The molecule has 0 atom stereocenters. The number of carbonyl (C=O) groups excluding carboxylic acids is 1. The van der Waals surface area contributed by atoms with Gasteiger partial charge in [0.25, 0.3) is 0 Å². The van der Waals surface area contributed by atoms with Crippen LogP contribution in [0.4, 0.5) is 0 Å². The normalized spacial score (nSPS) is 26.1. The quantitative estimate of drug-likeness (QED) is 0.748. The van der Waals surface area contributed by atoms with Gasteiger partial charge in [0, 0.05) is 19.0 Å². The van der Waals surface area contributed by atoms with Crippen LogP contribution in [-0.4, -0.2) is 30.4 Å². The Hall–Kier alpha value is -0.570. The van der Waals surface area contributed by atoms with Crippen LogP contribution >= 0.6 is 0 Å². The molecule has 2 aliphatic rings. The van der Waals surface area contributed by atoms with Gasteiger partial charge in [-0.2, -0.15) is 0 Å². The lowest BCUT2D eigenvalue weighted by Gasteiger charge is -2.41. The number of piperidine rings is 1. The summed E-state index contributed by atoms with van der Waals surface area (Å²) in [5.41, 5.74) is 6.03. The average Bonchev–Trinajstić information content (AvgIpc) is 2.16. The summed E-state index contributed by atoms with van der Waals surface area (Å²) in [4.78, 5) is 14.0. The maximum absolute atomic E-state index is 12.0. The molecule has 1 heterocycles. The monoisotopic (exact) mass is 210 g/mol. The molecule has 15 heavy (non-hydrogen) atoms. The first kappa shape index (κ1) is 10.9. The van der Waals surface area contributed by atoms with Crippen molar-refractivity contribution in [3.63, 3.8) is 0 Å². The van der Waals surface area contributed by atoms with Crippen LogP contribution in [0.15, 0.2) is 0 Å². The molecule has 2 rings (SSSR count). The molecule has 0 aromatic heterocycles. The van der Waals surface area contributed by atoms with Crippen LogP contribution in [0.2, 0.25) is 0 Å². The Morgan fingerprint density at radius 2 is 2.00 bits per heavy atom. The fourth-order valence-electron chi connectivity index (χ4n) is 2.38. The van der Waals surface area contributed by atoms with E-state index in [1.807, 2.05) is 0 Å². The first-order chi connectivity index (χ1) is 7.14. The Bertz CT molecular complexity index is 240. The van der Waals surface area contributed by atoms with Crippen LogP contribution in [0.5, 0.6) is 0 Å². The molecule has 0 bridgehead atoms. The van der Waals surface area contributed by atoms with E-state index >= 15 is 0 Å². The predicted molar refractivity (Wildman–Crippen MR) is 60.3 cm³/mol. The lowest BCUT2D eigenvalue weighted by Crippen LogP contribution is -2.47. The zero-order chi connectivity index (χ0) is 10.9. The summed E-state index contributed by atoms with van der Waals surface area (Å²) in [5.74, 6) is 0.757. The molecule has 2 fully saturated rings. The van der Waals surface area contributed by atoms with Crippen molar-refractivity contribution in [2.75, 3.05) is 19.6 Å². The molecule has 1 saturated heterocycles. The minimum atomic E-state index is 0.274. The predicted octanol–water partition coefficient (Wildman–Crippen LogP) is 1.37. The standard InChI is InChI=1S/C12H22N2O/c1-12(9-13)5-7-14(8-6-12)11(15)10-3-2-4-10/h10H,2-9,13H2,1H3. The van der Waals surface area contributed by atoms with Gasteiger partial charge in [-0.3, -0.25) is 4.79 Å². The summed E-state index contributed by atoms with van der Waals surface area (Å²) in [7, 11) is 0. The largest absolute Gasteiger partial charge is 0.342 e. The van der Waals surface area contributed by atoms with Gasteiger partial charge in [0.05, 0.1) is 0 Å². The molecule has 0 spiro atoms. The molecule has 0 aromatic carbocycles. The SMILES string of the molecule is CC1(CN)CCN(C(=O)C2CCC2)CC1. The van der Waals surface area contributed by atoms with Gasteiger partial charge >= 0.3 is 0 Å². The van der Waals surface area contributed by atoms with E-state index in [0.29, 0.717) is 11.8 Å². The van der Waals surface area contributed by atoms with Gasteiger partial charge in [-0.1, -0.05) is 13.3 Å². The van der Waals surface area contributed by atoms with Crippen LogP contribution in [0.1, 0.15) is 39.0 Å². The second-order valence-electron chi connectivity index (χ2n) is 5.47. The van der Waals surface area contributed by atoms with Crippen molar-refractivity contribution < 1.29 is 4.79 Å². The Kier molecular flexibility index (Phi) is 3.01. The number of nitrogens with two attached hydrogens (primary N) is 1. The molecule has 1 amide bonds. The minimum Gasteiger partial charge on any atom is -0.342 e. The Morgan fingerprint density at radius 3 is 2.40 bits per heavy atom. The number of carbonyl (C=O) groups is 1. The lowest BCUT2D eigenvalue weighted by molar-refractivity contribution is -0.140. The molecular weight excluding hydrogens is 188 g/mol. The van der Waals surface area contributed by atoms with Gasteiger partial charge in [-0.05, 0) is 37.6 Å². The molecule has 1 aliphatic carbocycles. The van der Waals surface area contributed by atoms with Crippen LogP contribution in [-0.2, 0) is 4.79 Å². The lowest BCUT2D eigenvalue weighted by atomic mass is 9.79. The van der Waals surface area contributed by atoms with E-state index in [2.05, 4.69) is 11.8 Å². The van der Waals surface area contributed by atoms with Crippen molar-refractivity contribution in [3.8, 4) is 0 Å². The minimum absolute atomic E-state index is 0.274. The van der Waals surface area contributed by atoms with Crippen LogP contribution in [0.3, 0.4) is 0 Å². The van der Waals surface area contributed by atoms with Crippen molar-refractivity contribution >= 4 is 5.91 Å². The molecule has 0 aromatic rings. The summed E-state index contributed by atoms with van der Waals surface area (Å²) in [6.45, 7) is 4.82. The highest BCUT2D eigenvalue weighted by Gasteiger charge is 2.34. The van der Waals surface area contributed by atoms with Gasteiger partial charge in [0.15, 0.2) is 0 Å². The van der Waals surface area contributed by atoms with E-state index in [1.165, 1.54) is 6.42 Å². The van der Waals surface area contributed by atoms with Gasteiger partial charge in [-0.15, -0.1) is 0 Å². The molecule has 86 valence electrons. The van der Waals surface area contributed by atoms with E-state index in [9.17, 15) is 4.79 Å². The van der Waals surface area contributed by atoms with Crippen LogP contribution in [0.25, 0.3) is 0 Å². The number of likely N-dealkylation sites (tertiary alicyclic amines) is 1. The molecule has 2 N–H and O–H groups in total. The third-order valence-corrected chi connectivity index (χ3v) is 4.23. The highest BCUT2D eigenvalue weighted by molar-refractivity contribution is 5.79. The Balaban J connectivity index is 1.84. The maximum Gasteiger partial charge on any atom is 0.225 e. The number of hydrogen-bond donors (Lipinski definition) is 1. The molecule has 0 radical (unpaired) electrons. The van der Waals surface area contributed by atoms with Crippen molar-refractivity contribution in [1.29, 1.82) is 0 Å². The summed E-state index contributed by atoms with van der Waals surface area (Å²) in [5, 5.41) is 0. The average molecular weight is 210 g/mol. The first-order valence-electron chi connectivity index (χ1n) is 6.13. The Morgan fingerprint density at radius 1 is 1.40 bits per heavy atom. The molecule has 3 heteroatoms. The third-order valence-electron chi connectivity index (χ3n) is 4.23. The molecule has 0 unspecified atom stereocenters. The second-order valence-corrected chi connectivity index (χ2v) is 5.47. The van der Waals surface area contributed by atoms with Crippen molar-refractivity contribution in [1.82, 2.24) is 4.90 Å². The smallest absolute Gasteiger partial charge is 0.225 e. The van der Waals surface area contributed by atoms with E-state index < -0.39 is 0 Å². The van der Waals surface area contributed by atoms with E-state index in [-0.39, 0.29) is 5.41 Å². The Labute approximate surface area is 92.0 Å².